The number of methoxy groups -OCH3 is 2. The van der Waals surface area contributed by atoms with Gasteiger partial charge in [-0.05, 0) is 44.3 Å². The van der Waals surface area contributed by atoms with Gasteiger partial charge >= 0.3 is 0 Å². The lowest BCUT2D eigenvalue weighted by atomic mass is 9.98. The Balaban J connectivity index is 2.99. The number of benzene rings is 1. The maximum absolute atomic E-state index is 9.43. The van der Waals surface area contributed by atoms with Gasteiger partial charge in [-0.2, -0.15) is 5.26 Å². The molecule has 0 amide bonds. The second-order valence-electron chi connectivity index (χ2n) is 5.92. The summed E-state index contributed by atoms with van der Waals surface area (Å²) in [4.78, 5) is 0. The summed E-state index contributed by atoms with van der Waals surface area (Å²) in [5, 5.41) is 9.43. The molecule has 1 atom stereocenters. The average molecular weight is 293 g/mol. The van der Waals surface area contributed by atoms with E-state index >= 15 is 0 Å². The van der Waals surface area contributed by atoms with Crippen LogP contribution in [0.3, 0.4) is 0 Å². The van der Waals surface area contributed by atoms with Gasteiger partial charge in [-0.15, -0.1) is 0 Å². The molecule has 4 nitrogen and oxygen atoms in total. The molecule has 1 aromatic rings. The maximum atomic E-state index is 9.43. The van der Waals surface area contributed by atoms with Crippen molar-refractivity contribution in [3.05, 3.63) is 23.8 Å². The molecule has 0 aliphatic rings. The molecule has 0 aliphatic carbocycles. The largest absolute Gasteiger partial charge is 0.493 e. The normalized spacial score (nSPS) is 14.2. The van der Waals surface area contributed by atoms with Gasteiger partial charge < -0.3 is 13.9 Å². The summed E-state index contributed by atoms with van der Waals surface area (Å²) in [6, 6.07) is 7.96. The minimum atomic E-state index is -1.79. The lowest BCUT2D eigenvalue weighted by Crippen LogP contribution is -2.41. The van der Waals surface area contributed by atoms with Gasteiger partial charge in [0, 0.05) is 6.42 Å². The number of hydrogen-bond acceptors (Lipinski definition) is 4. The molecule has 0 heterocycles. The van der Waals surface area contributed by atoms with Crippen LogP contribution in [-0.4, -0.2) is 28.1 Å². The number of ether oxygens (including phenoxy) is 2. The molecule has 0 aromatic heterocycles. The van der Waals surface area contributed by atoms with Gasteiger partial charge in [-0.1, -0.05) is 6.07 Å². The maximum Gasteiger partial charge on any atom is 0.185 e. The summed E-state index contributed by atoms with van der Waals surface area (Å²) in [5.41, 5.74) is 0.175. The molecule has 0 saturated heterocycles. The van der Waals surface area contributed by atoms with Crippen LogP contribution in [0.1, 0.15) is 12.5 Å². The van der Waals surface area contributed by atoms with Gasteiger partial charge in [0.2, 0.25) is 0 Å². The van der Waals surface area contributed by atoms with E-state index in [2.05, 4.69) is 25.7 Å². The molecule has 5 heteroatoms. The summed E-state index contributed by atoms with van der Waals surface area (Å²) >= 11 is 0. The molecule has 0 radical (unpaired) electrons. The fourth-order valence-corrected chi connectivity index (χ4v) is 3.62. The molecule has 110 valence electrons. The molecule has 0 aliphatic heterocycles. The number of rotatable bonds is 6. The Hall–Kier alpha value is -1.51. The lowest BCUT2D eigenvalue weighted by molar-refractivity contribution is 0.140. The topological polar surface area (TPSA) is 51.5 Å². The predicted octanol–water partition coefficient (Wildman–Crippen LogP) is 3.38. The SMILES string of the molecule is COc1ccc(CC(C)(C#N)O[Si](C)(C)C)cc1OC. The van der Waals surface area contributed by atoms with Crippen LogP contribution < -0.4 is 9.47 Å². The molecular weight excluding hydrogens is 270 g/mol. The van der Waals surface area contributed by atoms with Crippen LogP contribution in [0.15, 0.2) is 18.2 Å². The monoisotopic (exact) mass is 293 g/mol. The Labute approximate surface area is 122 Å². The van der Waals surface area contributed by atoms with E-state index in [1.807, 2.05) is 25.1 Å². The van der Waals surface area contributed by atoms with Crippen molar-refractivity contribution in [3.63, 3.8) is 0 Å². The van der Waals surface area contributed by atoms with Crippen molar-refractivity contribution in [2.75, 3.05) is 14.2 Å². The van der Waals surface area contributed by atoms with E-state index in [4.69, 9.17) is 13.9 Å². The molecular formula is C15H23NO3Si. The number of nitriles is 1. The highest BCUT2D eigenvalue weighted by molar-refractivity contribution is 6.69. The molecule has 1 aromatic carbocycles. The molecule has 0 saturated carbocycles. The summed E-state index contributed by atoms with van der Waals surface area (Å²) < 4.78 is 16.5. The predicted molar refractivity (Wildman–Crippen MR) is 81.7 cm³/mol. The minimum Gasteiger partial charge on any atom is -0.493 e. The summed E-state index contributed by atoms with van der Waals surface area (Å²) in [7, 11) is 1.42. The van der Waals surface area contributed by atoms with E-state index in [0.717, 1.165) is 5.56 Å². The first-order chi connectivity index (χ1) is 9.23. The molecule has 0 fully saturated rings. The van der Waals surface area contributed by atoms with E-state index in [1.165, 1.54) is 0 Å². The van der Waals surface area contributed by atoms with Crippen molar-refractivity contribution in [2.45, 2.75) is 38.6 Å². The molecule has 0 N–H and O–H groups in total. The highest BCUT2D eigenvalue weighted by Crippen LogP contribution is 2.30. The fourth-order valence-electron chi connectivity index (χ4n) is 2.15. The Morgan fingerprint density at radius 2 is 1.75 bits per heavy atom. The smallest absolute Gasteiger partial charge is 0.185 e. The molecule has 1 unspecified atom stereocenters. The van der Waals surface area contributed by atoms with Crippen molar-refractivity contribution >= 4 is 8.32 Å². The second-order valence-corrected chi connectivity index (χ2v) is 10.4. The Morgan fingerprint density at radius 3 is 2.20 bits per heavy atom. The van der Waals surface area contributed by atoms with Crippen molar-refractivity contribution in [2.24, 2.45) is 0 Å². The first-order valence-electron chi connectivity index (χ1n) is 6.55. The van der Waals surface area contributed by atoms with Crippen LogP contribution in [0, 0.1) is 11.3 Å². The van der Waals surface area contributed by atoms with Crippen molar-refractivity contribution in [3.8, 4) is 17.6 Å². The molecule has 1 rings (SSSR count). The Bertz CT molecular complexity index is 505. The number of nitrogens with zero attached hydrogens (tertiary/aromatic N) is 1. The standard InChI is InChI=1S/C15H23NO3Si/c1-15(11-16,19-20(4,5)6)10-12-7-8-13(17-2)14(9-12)18-3/h7-9H,10H2,1-6H3. The van der Waals surface area contributed by atoms with Gasteiger partial charge in [-0.3, -0.25) is 0 Å². The fraction of sp³-hybridized carbons (Fsp3) is 0.533. The summed E-state index contributed by atoms with van der Waals surface area (Å²) in [6.07, 6.45) is 0.522. The van der Waals surface area contributed by atoms with E-state index < -0.39 is 13.9 Å². The highest BCUT2D eigenvalue weighted by atomic mass is 28.4. The van der Waals surface area contributed by atoms with E-state index in [0.29, 0.717) is 17.9 Å². The zero-order chi connectivity index (χ0) is 15.4. The zero-order valence-corrected chi connectivity index (χ0v) is 14.1. The third-order valence-corrected chi connectivity index (χ3v) is 3.82. The minimum absolute atomic E-state index is 0.522. The summed E-state index contributed by atoms with van der Waals surface area (Å²) in [5.74, 6) is 1.35. The zero-order valence-electron chi connectivity index (χ0n) is 13.1. The van der Waals surface area contributed by atoms with Gasteiger partial charge in [0.25, 0.3) is 0 Å². The van der Waals surface area contributed by atoms with Crippen LogP contribution in [-0.2, 0) is 10.8 Å². The third kappa shape index (κ3) is 4.55. The van der Waals surface area contributed by atoms with Gasteiger partial charge in [0.1, 0.15) is 5.60 Å². The van der Waals surface area contributed by atoms with Crippen molar-refractivity contribution < 1.29 is 13.9 Å². The Kier molecular flexibility index (Phi) is 5.20. The van der Waals surface area contributed by atoms with Gasteiger partial charge in [0.05, 0.1) is 20.3 Å². The van der Waals surface area contributed by atoms with Crippen LogP contribution in [0.25, 0.3) is 0 Å². The first-order valence-corrected chi connectivity index (χ1v) is 9.96. The number of hydrogen-bond donors (Lipinski definition) is 0. The second kappa shape index (κ2) is 6.29. The van der Waals surface area contributed by atoms with Crippen LogP contribution in [0.2, 0.25) is 19.6 Å². The lowest BCUT2D eigenvalue weighted by Gasteiger charge is -2.30. The van der Waals surface area contributed by atoms with Crippen molar-refractivity contribution in [1.82, 2.24) is 0 Å². The average Bonchev–Trinajstić information content (AvgIpc) is 2.36. The van der Waals surface area contributed by atoms with Gasteiger partial charge in [-0.25, -0.2) is 0 Å². The Morgan fingerprint density at radius 1 is 1.15 bits per heavy atom. The van der Waals surface area contributed by atoms with Crippen LogP contribution in [0.4, 0.5) is 0 Å². The van der Waals surface area contributed by atoms with E-state index in [-0.39, 0.29) is 0 Å². The molecule has 0 bridgehead atoms. The molecule has 20 heavy (non-hydrogen) atoms. The summed E-state index contributed by atoms with van der Waals surface area (Å²) in [6.45, 7) is 8.08. The van der Waals surface area contributed by atoms with Crippen molar-refractivity contribution in [1.29, 1.82) is 5.26 Å². The van der Waals surface area contributed by atoms with E-state index in [1.54, 1.807) is 14.2 Å². The third-order valence-electron chi connectivity index (χ3n) is 2.76. The quantitative estimate of drug-likeness (QED) is 0.754. The first kappa shape index (κ1) is 16.5. The molecule has 0 spiro atoms. The van der Waals surface area contributed by atoms with E-state index in [9.17, 15) is 5.26 Å². The van der Waals surface area contributed by atoms with Gasteiger partial charge in [0.15, 0.2) is 19.8 Å². The van der Waals surface area contributed by atoms with Crippen LogP contribution in [0.5, 0.6) is 11.5 Å². The highest BCUT2D eigenvalue weighted by Gasteiger charge is 2.32. The van der Waals surface area contributed by atoms with Crippen LogP contribution >= 0.6 is 0 Å².